The molecule has 1 aliphatic rings. The van der Waals surface area contributed by atoms with Gasteiger partial charge < -0.3 is 20.7 Å². The Bertz CT molecular complexity index is 408. The van der Waals surface area contributed by atoms with E-state index in [0.29, 0.717) is 12.3 Å². The minimum absolute atomic E-state index is 0.640. The first-order valence-corrected chi connectivity index (χ1v) is 7.13. The van der Waals surface area contributed by atoms with E-state index in [1.165, 1.54) is 25.9 Å². The number of piperidine rings is 1. The average Bonchev–Trinajstić information content (AvgIpc) is 2.40. The van der Waals surface area contributed by atoms with E-state index in [9.17, 15) is 0 Å². The van der Waals surface area contributed by atoms with Gasteiger partial charge in [-0.25, -0.2) is 0 Å². The Morgan fingerprint density at radius 3 is 3.05 bits per heavy atom. The first-order chi connectivity index (χ1) is 9.19. The van der Waals surface area contributed by atoms with Crippen molar-refractivity contribution in [1.29, 1.82) is 0 Å². The number of benzene rings is 1. The molecule has 4 heteroatoms. The summed E-state index contributed by atoms with van der Waals surface area (Å²) in [5.74, 6) is 1.50. The van der Waals surface area contributed by atoms with Crippen molar-refractivity contribution in [1.82, 2.24) is 4.90 Å². The van der Waals surface area contributed by atoms with Crippen LogP contribution in [0.2, 0.25) is 0 Å². The highest BCUT2D eigenvalue weighted by atomic mass is 16.5. The molecule has 0 bridgehead atoms. The van der Waals surface area contributed by atoms with Crippen LogP contribution in [0.3, 0.4) is 0 Å². The molecular formula is C15H25N3O. The molecule has 1 saturated heterocycles. The molecule has 0 aliphatic carbocycles. The zero-order valence-corrected chi connectivity index (χ0v) is 12.0. The maximum Gasteiger partial charge on any atom is 0.144 e. The highest BCUT2D eigenvalue weighted by Crippen LogP contribution is 2.26. The quantitative estimate of drug-likeness (QED) is 0.801. The van der Waals surface area contributed by atoms with Gasteiger partial charge in [0, 0.05) is 24.8 Å². The Labute approximate surface area is 115 Å². The molecule has 1 atom stereocenters. The van der Waals surface area contributed by atoms with Crippen LogP contribution in [0.5, 0.6) is 5.75 Å². The predicted molar refractivity (Wildman–Crippen MR) is 80.7 cm³/mol. The summed E-state index contributed by atoms with van der Waals surface area (Å²) in [7, 11) is 2.20. The van der Waals surface area contributed by atoms with E-state index in [1.807, 2.05) is 25.1 Å². The summed E-state index contributed by atoms with van der Waals surface area (Å²) in [5, 5.41) is 3.50. The number of nitrogens with zero attached hydrogens (tertiary/aromatic N) is 1. The van der Waals surface area contributed by atoms with E-state index >= 15 is 0 Å². The molecule has 106 valence electrons. The van der Waals surface area contributed by atoms with Crippen molar-refractivity contribution in [2.45, 2.75) is 19.8 Å². The van der Waals surface area contributed by atoms with Gasteiger partial charge in [-0.2, -0.15) is 0 Å². The fourth-order valence-electron chi connectivity index (χ4n) is 2.63. The molecule has 0 radical (unpaired) electrons. The van der Waals surface area contributed by atoms with Crippen molar-refractivity contribution in [2.75, 3.05) is 44.3 Å². The molecule has 1 aliphatic heterocycles. The number of ether oxygens (including phenoxy) is 1. The molecule has 1 aromatic carbocycles. The lowest BCUT2D eigenvalue weighted by atomic mass is 9.98. The Hall–Kier alpha value is -1.42. The van der Waals surface area contributed by atoms with Crippen LogP contribution >= 0.6 is 0 Å². The van der Waals surface area contributed by atoms with Gasteiger partial charge in [0.2, 0.25) is 0 Å². The number of nitrogens with one attached hydrogen (secondary N) is 1. The van der Waals surface area contributed by atoms with Crippen molar-refractivity contribution in [3.05, 3.63) is 18.2 Å². The summed E-state index contributed by atoms with van der Waals surface area (Å²) in [6.07, 6.45) is 2.61. The Kier molecular flexibility index (Phi) is 4.91. The molecular weight excluding hydrogens is 238 g/mol. The molecule has 3 N–H and O–H groups in total. The van der Waals surface area contributed by atoms with Crippen LogP contribution in [-0.2, 0) is 0 Å². The lowest BCUT2D eigenvalue weighted by molar-refractivity contribution is 0.217. The van der Waals surface area contributed by atoms with Gasteiger partial charge in [-0.15, -0.1) is 0 Å². The minimum atomic E-state index is 0.640. The number of likely N-dealkylation sites (tertiary alicyclic amines) is 1. The van der Waals surface area contributed by atoms with Crippen LogP contribution in [0.1, 0.15) is 19.8 Å². The highest BCUT2D eigenvalue weighted by Gasteiger charge is 2.16. The number of nitrogens with two attached hydrogens (primary N) is 1. The maximum atomic E-state index is 5.87. The zero-order chi connectivity index (χ0) is 13.7. The second-order valence-electron chi connectivity index (χ2n) is 5.34. The molecule has 4 nitrogen and oxygen atoms in total. The third kappa shape index (κ3) is 4.03. The number of anilines is 2. The summed E-state index contributed by atoms with van der Waals surface area (Å²) in [6.45, 7) is 6.03. The van der Waals surface area contributed by atoms with Gasteiger partial charge in [0.05, 0.1) is 12.3 Å². The fraction of sp³-hybridized carbons (Fsp3) is 0.600. The number of rotatable bonds is 5. The van der Waals surface area contributed by atoms with Crippen LogP contribution in [-0.4, -0.2) is 38.2 Å². The molecule has 1 heterocycles. The Morgan fingerprint density at radius 1 is 1.47 bits per heavy atom. The van der Waals surface area contributed by atoms with Crippen molar-refractivity contribution >= 4 is 11.4 Å². The SMILES string of the molecule is CCOc1cc(NCC2CCCN(C)C2)ccc1N. The van der Waals surface area contributed by atoms with Crippen LogP contribution < -0.4 is 15.8 Å². The molecule has 2 rings (SSSR count). The molecule has 0 amide bonds. The second kappa shape index (κ2) is 6.66. The molecule has 0 spiro atoms. The lowest BCUT2D eigenvalue weighted by Gasteiger charge is -2.30. The van der Waals surface area contributed by atoms with E-state index in [1.54, 1.807) is 0 Å². The number of hydrogen-bond donors (Lipinski definition) is 2. The first-order valence-electron chi connectivity index (χ1n) is 7.13. The molecule has 0 saturated carbocycles. The van der Waals surface area contributed by atoms with Gasteiger partial charge >= 0.3 is 0 Å². The van der Waals surface area contributed by atoms with E-state index < -0.39 is 0 Å². The van der Waals surface area contributed by atoms with Crippen LogP contribution in [0, 0.1) is 5.92 Å². The number of nitrogen functional groups attached to an aromatic ring is 1. The molecule has 1 fully saturated rings. The van der Waals surface area contributed by atoms with Gasteiger partial charge in [-0.1, -0.05) is 0 Å². The average molecular weight is 263 g/mol. The van der Waals surface area contributed by atoms with Gasteiger partial charge in [-0.3, -0.25) is 0 Å². The van der Waals surface area contributed by atoms with E-state index in [4.69, 9.17) is 10.5 Å². The van der Waals surface area contributed by atoms with Crippen molar-refractivity contribution in [2.24, 2.45) is 5.92 Å². The van der Waals surface area contributed by atoms with Gasteiger partial charge in [0.1, 0.15) is 5.75 Å². The number of hydrogen-bond acceptors (Lipinski definition) is 4. The highest BCUT2D eigenvalue weighted by molar-refractivity contribution is 5.61. The normalized spacial score (nSPS) is 20.2. The lowest BCUT2D eigenvalue weighted by Crippen LogP contribution is -2.35. The van der Waals surface area contributed by atoms with E-state index in [-0.39, 0.29) is 0 Å². The summed E-state index contributed by atoms with van der Waals surface area (Å²) < 4.78 is 5.51. The maximum absolute atomic E-state index is 5.87. The van der Waals surface area contributed by atoms with Gasteiger partial charge in [0.25, 0.3) is 0 Å². The third-order valence-electron chi connectivity index (χ3n) is 3.63. The van der Waals surface area contributed by atoms with Gasteiger partial charge in [-0.05, 0) is 51.4 Å². The third-order valence-corrected chi connectivity index (χ3v) is 3.63. The summed E-state index contributed by atoms with van der Waals surface area (Å²) in [6, 6.07) is 5.91. The summed E-state index contributed by atoms with van der Waals surface area (Å²) in [4.78, 5) is 2.41. The fourth-order valence-corrected chi connectivity index (χ4v) is 2.63. The molecule has 0 aromatic heterocycles. The molecule has 1 unspecified atom stereocenters. The minimum Gasteiger partial charge on any atom is -0.492 e. The zero-order valence-electron chi connectivity index (χ0n) is 12.0. The van der Waals surface area contributed by atoms with Crippen molar-refractivity contribution in [3.8, 4) is 5.75 Å². The smallest absolute Gasteiger partial charge is 0.144 e. The van der Waals surface area contributed by atoms with Gasteiger partial charge in [0.15, 0.2) is 0 Å². The van der Waals surface area contributed by atoms with Crippen molar-refractivity contribution in [3.63, 3.8) is 0 Å². The van der Waals surface area contributed by atoms with Crippen LogP contribution in [0.25, 0.3) is 0 Å². The molecule has 1 aromatic rings. The largest absolute Gasteiger partial charge is 0.492 e. The Balaban J connectivity index is 1.90. The second-order valence-corrected chi connectivity index (χ2v) is 5.34. The van der Waals surface area contributed by atoms with E-state index in [2.05, 4.69) is 17.3 Å². The monoisotopic (exact) mass is 263 g/mol. The van der Waals surface area contributed by atoms with Crippen molar-refractivity contribution < 1.29 is 4.74 Å². The first kappa shape index (κ1) is 14.0. The summed E-state index contributed by atoms with van der Waals surface area (Å²) in [5.41, 5.74) is 7.66. The van der Waals surface area contributed by atoms with Crippen LogP contribution in [0.4, 0.5) is 11.4 Å². The standard InChI is InChI=1S/C15H25N3O/c1-3-19-15-9-13(6-7-14(15)16)17-10-12-5-4-8-18(2)11-12/h6-7,9,12,17H,3-5,8,10-11,16H2,1-2H3. The van der Waals surface area contributed by atoms with E-state index in [0.717, 1.165) is 23.9 Å². The Morgan fingerprint density at radius 2 is 2.32 bits per heavy atom. The topological polar surface area (TPSA) is 50.5 Å². The molecule has 19 heavy (non-hydrogen) atoms. The predicted octanol–water partition coefficient (Wildman–Crippen LogP) is 2.42. The summed E-state index contributed by atoms with van der Waals surface area (Å²) >= 11 is 0. The van der Waals surface area contributed by atoms with Crippen LogP contribution in [0.15, 0.2) is 18.2 Å².